The maximum absolute atomic E-state index is 13.2. The van der Waals surface area contributed by atoms with Crippen LogP contribution < -0.4 is 10.6 Å². The van der Waals surface area contributed by atoms with Crippen molar-refractivity contribution in [2.24, 2.45) is 5.92 Å². The maximum Gasteiger partial charge on any atom is 0.407 e. The number of esters is 1. The molecule has 8 nitrogen and oxygen atoms in total. The lowest BCUT2D eigenvalue weighted by molar-refractivity contribution is -0.142. The summed E-state index contributed by atoms with van der Waals surface area (Å²) in [6.45, 7) is 13.3. The zero-order valence-electron chi connectivity index (χ0n) is 21.9. The standard InChI is InChI=1S/C27H39N3O5/c1-18(2)16-30-22(13-14-28-26(33)35-17-20-11-9-8-10-12-20)21(15-23(30)27(4,5)6)24(31)29-19(3)25(32)34-7/h8-12,15,18-19H,13-14,16-17H2,1-7H3,(H,28,33)(H,29,31)/t19-/m0/s1. The van der Waals surface area contributed by atoms with Crippen molar-refractivity contribution in [3.63, 3.8) is 0 Å². The van der Waals surface area contributed by atoms with Crippen LogP contribution in [0, 0.1) is 5.92 Å². The predicted octanol–water partition coefficient (Wildman–Crippen LogP) is 4.20. The lowest BCUT2D eigenvalue weighted by Gasteiger charge is -2.24. The Labute approximate surface area is 208 Å². The molecule has 2 rings (SSSR count). The number of hydrogen-bond donors (Lipinski definition) is 2. The average Bonchev–Trinajstić information content (AvgIpc) is 3.15. The molecule has 1 aromatic carbocycles. The Morgan fingerprint density at radius 1 is 1.06 bits per heavy atom. The fourth-order valence-corrected chi connectivity index (χ4v) is 3.82. The van der Waals surface area contributed by atoms with Crippen LogP contribution in [0.4, 0.5) is 4.79 Å². The molecule has 0 saturated heterocycles. The molecule has 0 unspecified atom stereocenters. The molecule has 1 aromatic heterocycles. The highest BCUT2D eigenvalue weighted by Gasteiger charge is 2.28. The van der Waals surface area contributed by atoms with Crippen molar-refractivity contribution in [3.8, 4) is 0 Å². The van der Waals surface area contributed by atoms with E-state index in [2.05, 4.69) is 49.8 Å². The fourth-order valence-electron chi connectivity index (χ4n) is 3.82. The molecule has 0 bridgehead atoms. The molecule has 0 saturated carbocycles. The minimum Gasteiger partial charge on any atom is -0.467 e. The Morgan fingerprint density at radius 2 is 1.71 bits per heavy atom. The number of hydrogen-bond acceptors (Lipinski definition) is 5. The first-order valence-electron chi connectivity index (χ1n) is 12.0. The van der Waals surface area contributed by atoms with Gasteiger partial charge in [0.2, 0.25) is 0 Å². The Kier molecular flexibility index (Phi) is 9.92. The molecule has 0 spiro atoms. The second-order valence-electron chi connectivity index (χ2n) is 10.1. The van der Waals surface area contributed by atoms with Crippen molar-refractivity contribution in [2.75, 3.05) is 13.7 Å². The van der Waals surface area contributed by atoms with Gasteiger partial charge in [0.25, 0.3) is 5.91 Å². The van der Waals surface area contributed by atoms with Gasteiger partial charge < -0.3 is 24.7 Å². The van der Waals surface area contributed by atoms with Gasteiger partial charge in [0, 0.05) is 36.3 Å². The monoisotopic (exact) mass is 485 g/mol. The molecule has 0 aliphatic carbocycles. The van der Waals surface area contributed by atoms with E-state index in [0.29, 0.717) is 24.4 Å². The minimum atomic E-state index is -0.780. The molecule has 0 fully saturated rings. The molecule has 1 atom stereocenters. The summed E-state index contributed by atoms with van der Waals surface area (Å²) in [6, 6.07) is 10.6. The normalized spacial score (nSPS) is 12.2. The molecule has 2 N–H and O–H groups in total. The van der Waals surface area contributed by atoms with Crippen LogP contribution in [0.2, 0.25) is 0 Å². The summed E-state index contributed by atoms with van der Waals surface area (Å²) in [6.07, 6.45) is -0.0873. The highest BCUT2D eigenvalue weighted by Crippen LogP contribution is 2.29. The van der Waals surface area contributed by atoms with Crippen molar-refractivity contribution in [2.45, 2.75) is 72.6 Å². The van der Waals surface area contributed by atoms with E-state index in [0.717, 1.165) is 23.5 Å². The number of ether oxygens (including phenoxy) is 2. The van der Waals surface area contributed by atoms with E-state index < -0.39 is 18.1 Å². The summed E-state index contributed by atoms with van der Waals surface area (Å²) in [4.78, 5) is 37.3. The average molecular weight is 486 g/mol. The summed E-state index contributed by atoms with van der Waals surface area (Å²) >= 11 is 0. The van der Waals surface area contributed by atoms with Crippen LogP contribution in [0.15, 0.2) is 36.4 Å². The number of nitrogens with zero attached hydrogens (tertiary/aromatic N) is 1. The van der Waals surface area contributed by atoms with E-state index >= 15 is 0 Å². The number of nitrogens with one attached hydrogen (secondary N) is 2. The molecule has 35 heavy (non-hydrogen) atoms. The Morgan fingerprint density at radius 3 is 2.29 bits per heavy atom. The Hall–Kier alpha value is -3.29. The van der Waals surface area contributed by atoms with E-state index in [9.17, 15) is 14.4 Å². The molecule has 2 amide bonds. The van der Waals surface area contributed by atoms with Gasteiger partial charge in [0.05, 0.1) is 12.7 Å². The van der Waals surface area contributed by atoms with Crippen LogP contribution in [0.3, 0.4) is 0 Å². The molecule has 2 aromatic rings. The van der Waals surface area contributed by atoms with Crippen LogP contribution in [-0.4, -0.2) is 42.2 Å². The van der Waals surface area contributed by atoms with Gasteiger partial charge in [-0.25, -0.2) is 9.59 Å². The fraction of sp³-hybridized carbons (Fsp3) is 0.519. The molecule has 0 aliphatic heterocycles. The first-order valence-corrected chi connectivity index (χ1v) is 12.0. The SMILES string of the molecule is COC(=O)[C@H](C)NC(=O)c1cc(C(C)(C)C)n(CC(C)C)c1CCNC(=O)OCc1ccccc1. The summed E-state index contributed by atoms with van der Waals surface area (Å²) in [5.74, 6) is -0.520. The van der Waals surface area contributed by atoms with Crippen LogP contribution in [-0.2, 0) is 39.3 Å². The Balaban J connectivity index is 2.23. The maximum atomic E-state index is 13.2. The van der Waals surface area contributed by atoms with E-state index in [1.165, 1.54) is 7.11 Å². The van der Waals surface area contributed by atoms with E-state index in [1.807, 2.05) is 36.4 Å². The van der Waals surface area contributed by atoms with E-state index in [4.69, 9.17) is 9.47 Å². The van der Waals surface area contributed by atoms with Gasteiger partial charge in [-0.2, -0.15) is 0 Å². The number of methoxy groups -OCH3 is 1. The van der Waals surface area contributed by atoms with E-state index in [-0.39, 0.29) is 17.9 Å². The number of carbonyl (C=O) groups is 3. The number of aromatic nitrogens is 1. The number of amides is 2. The third-order valence-electron chi connectivity index (χ3n) is 5.52. The van der Waals surface area contributed by atoms with Gasteiger partial charge in [-0.15, -0.1) is 0 Å². The lowest BCUT2D eigenvalue weighted by atomic mass is 9.91. The van der Waals surface area contributed by atoms with Gasteiger partial charge in [-0.1, -0.05) is 65.0 Å². The molecule has 1 heterocycles. The summed E-state index contributed by atoms with van der Waals surface area (Å²) in [5.41, 5.74) is 3.01. The van der Waals surface area contributed by atoms with Gasteiger partial charge in [-0.3, -0.25) is 4.79 Å². The third kappa shape index (κ3) is 8.16. The van der Waals surface area contributed by atoms with Gasteiger partial charge in [-0.05, 0) is 24.5 Å². The molecular formula is C27H39N3O5. The van der Waals surface area contributed by atoms with Crippen molar-refractivity contribution in [1.82, 2.24) is 15.2 Å². The first kappa shape index (κ1) is 28.0. The number of rotatable bonds is 10. The van der Waals surface area contributed by atoms with Crippen molar-refractivity contribution in [3.05, 3.63) is 58.9 Å². The third-order valence-corrected chi connectivity index (χ3v) is 5.52. The second kappa shape index (κ2) is 12.4. The number of benzene rings is 1. The quantitative estimate of drug-likeness (QED) is 0.492. The molecule has 0 aliphatic rings. The summed E-state index contributed by atoms with van der Waals surface area (Å²) in [5, 5.41) is 5.52. The zero-order valence-corrected chi connectivity index (χ0v) is 21.9. The predicted molar refractivity (Wildman–Crippen MR) is 135 cm³/mol. The molecule has 8 heteroatoms. The van der Waals surface area contributed by atoms with Gasteiger partial charge in [0.15, 0.2) is 0 Å². The van der Waals surface area contributed by atoms with Crippen molar-refractivity contribution < 1.29 is 23.9 Å². The number of alkyl carbamates (subject to hydrolysis) is 1. The molecule has 192 valence electrons. The van der Waals surface area contributed by atoms with Crippen LogP contribution in [0.25, 0.3) is 0 Å². The lowest BCUT2D eigenvalue weighted by Crippen LogP contribution is -2.39. The minimum absolute atomic E-state index is 0.184. The number of carbonyl (C=O) groups excluding carboxylic acids is 3. The first-order chi connectivity index (χ1) is 16.4. The Bertz CT molecular complexity index is 1010. The van der Waals surface area contributed by atoms with Gasteiger partial charge >= 0.3 is 12.1 Å². The van der Waals surface area contributed by atoms with Crippen molar-refractivity contribution >= 4 is 18.0 Å². The van der Waals surface area contributed by atoms with Gasteiger partial charge in [0.1, 0.15) is 12.6 Å². The van der Waals surface area contributed by atoms with E-state index in [1.54, 1.807) is 6.92 Å². The van der Waals surface area contributed by atoms with Crippen molar-refractivity contribution in [1.29, 1.82) is 0 Å². The van der Waals surface area contributed by atoms with Crippen LogP contribution >= 0.6 is 0 Å². The second-order valence-corrected chi connectivity index (χ2v) is 10.1. The smallest absolute Gasteiger partial charge is 0.407 e. The highest BCUT2D eigenvalue weighted by molar-refractivity contribution is 5.98. The summed E-state index contributed by atoms with van der Waals surface area (Å²) < 4.78 is 12.2. The summed E-state index contributed by atoms with van der Waals surface area (Å²) in [7, 11) is 1.29. The topological polar surface area (TPSA) is 98.7 Å². The largest absolute Gasteiger partial charge is 0.467 e. The highest BCUT2D eigenvalue weighted by atomic mass is 16.5. The van der Waals surface area contributed by atoms with Crippen LogP contribution in [0.5, 0.6) is 0 Å². The van der Waals surface area contributed by atoms with Crippen LogP contribution in [0.1, 0.15) is 68.9 Å². The molecular weight excluding hydrogens is 446 g/mol. The zero-order chi connectivity index (χ0) is 26.2. The molecule has 0 radical (unpaired) electrons.